The predicted octanol–water partition coefficient (Wildman–Crippen LogP) is -0.245. The number of nitrogen functional groups attached to an aromatic ring is 1. The smallest absolute Gasteiger partial charge is 0.180 e. The van der Waals surface area contributed by atoms with Crippen LogP contribution in [0.2, 0.25) is 0 Å². The quantitative estimate of drug-likeness (QED) is 0.762. The number of likely N-dealkylation sites (N-methyl/N-ethyl adjacent to an activating group) is 1. The summed E-state index contributed by atoms with van der Waals surface area (Å²) in [5, 5.41) is 9.72. The highest BCUT2D eigenvalue weighted by molar-refractivity contribution is 5.66. The zero-order chi connectivity index (χ0) is 13.1. The SMILES string of the molecule is COCC(O)CN(C)c1nc(N)cn2ccnc12. The minimum absolute atomic E-state index is 0.275. The van der Waals surface area contributed by atoms with Crippen LogP contribution in [0.25, 0.3) is 5.65 Å². The van der Waals surface area contributed by atoms with Gasteiger partial charge in [0.15, 0.2) is 11.5 Å². The molecule has 0 aliphatic heterocycles. The van der Waals surface area contributed by atoms with Crippen molar-refractivity contribution in [2.45, 2.75) is 6.10 Å². The van der Waals surface area contributed by atoms with Crippen molar-refractivity contribution in [1.29, 1.82) is 0 Å². The molecule has 0 bridgehead atoms. The molecule has 0 saturated carbocycles. The molecule has 0 amide bonds. The van der Waals surface area contributed by atoms with Gasteiger partial charge in [0.25, 0.3) is 0 Å². The molecule has 2 rings (SSSR count). The second-order valence-corrected chi connectivity index (χ2v) is 4.14. The molecule has 98 valence electrons. The van der Waals surface area contributed by atoms with Gasteiger partial charge in [0.2, 0.25) is 0 Å². The first kappa shape index (κ1) is 12.6. The Kier molecular flexibility index (Phi) is 3.63. The van der Waals surface area contributed by atoms with Crippen LogP contribution < -0.4 is 10.6 Å². The van der Waals surface area contributed by atoms with Crippen molar-refractivity contribution >= 4 is 17.3 Å². The molecule has 3 N–H and O–H groups in total. The minimum Gasteiger partial charge on any atom is -0.389 e. The molecular formula is C11H17N5O2. The van der Waals surface area contributed by atoms with Crippen molar-refractivity contribution in [3.8, 4) is 0 Å². The zero-order valence-corrected chi connectivity index (χ0v) is 10.4. The first-order chi connectivity index (χ1) is 8.61. The molecule has 1 unspecified atom stereocenters. The van der Waals surface area contributed by atoms with E-state index in [2.05, 4.69) is 9.97 Å². The van der Waals surface area contributed by atoms with Gasteiger partial charge in [0.1, 0.15) is 5.82 Å². The molecule has 0 saturated heterocycles. The summed E-state index contributed by atoms with van der Waals surface area (Å²) >= 11 is 0. The number of nitrogens with two attached hydrogens (primary N) is 1. The van der Waals surface area contributed by atoms with E-state index in [9.17, 15) is 5.11 Å². The van der Waals surface area contributed by atoms with Gasteiger partial charge in [0, 0.05) is 33.1 Å². The summed E-state index contributed by atoms with van der Waals surface area (Å²) in [6, 6.07) is 0. The number of aromatic nitrogens is 3. The molecule has 2 aromatic heterocycles. The lowest BCUT2D eigenvalue weighted by molar-refractivity contribution is 0.0694. The highest BCUT2D eigenvalue weighted by Crippen LogP contribution is 2.18. The normalized spacial score (nSPS) is 12.8. The number of nitrogens with zero attached hydrogens (tertiary/aromatic N) is 4. The highest BCUT2D eigenvalue weighted by atomic mass is 16.5. The zero-order valence-electron chi connectivity index (χ0n) is 10.4. The van der Waals surface area contributed by atoms with E-state index >= 15 is 0 Å². The van der Waals surface area contributed by atoms with Crippen molar-refractivity contribution in [2.24, 2.45) is 0 Å². The number of aliphatic hydroxyl groups is 1. The number of anilines is 2. The van der Waals surface area contributed by atoms with Crippen LogP contribution in [0.1, 0.15) is 0 Å². The van der Waals surface area contributed by atoms with Crippen molar-refractivity contribution in [1.82, 2.24) is 14.4 Å². The Bertz CT molecular complexity index is 527. The summed E-state index contributed by atoms with van der Waals surface area (Å²) in [5.41, 5.74) is 6.44. The standard InChI is InChI=1S/C11H17N5O2/c1-15(5-8(17)7-18-2)11-10-13-3-4-16(10)6-9(12)14-11/h3-4,6,8,17H,5,7,12H2,1-2H3. The van der Waals surface area contributed by atoms with Crippen LogP contribution >= 0.6 is 0 Å². The van der Waals surface area contributed by atoms with E-state index in [1.54, 1.807) is 30.1 Å². The van der Waals surface area contributed by atoms with Gasteiger partial charge < -0.3 is 24.9 Å². The summed E-state index contributed by atoms with van der Waals surface area (Å²) in [6.45, 7) is 0.671. The fourth-order valence-electron chi connectivity index (χ4n) is 1.84. The molecule has 1 atom stereocenters. The Morgan fingerprint density at radius 2 is 2.39 bits per heavy atom. The van der Waals surface area contributed by atoms with Crippen molar-refractivity contribution in [3.63, 3.8) is 0 Å². The number of ether oxygens (including phenoxy) is 1. The lowest BCUT2D eigenvalue weighted by Gasteiger charge is -2.21. The van der Waals surface area contributed by atoms with E-state index in [0.29, 0.717) is 23.8 Å². The summed E-state index contributed by atoms with van der Waals surface area (Å²) in [4.78, 5) is 10.3. The van der Waals surface area contributed by atoms with Crippen LogP contribution in [0.3, 0.4) is 0 Å². The molecule has 2 aromatic rings. The molecular weight excluding hydrogens is 234 g/mol. The molecule has 7 heteroatoms. The van der Waals surface area contributed by atoms with Crippen LogP contribution in [0.15, 0.2) is 18.6 Å². The Balaban J connectivity index is 2.26. The number of aliphatic hydroxyl groups excluding tert-OH is 1. The summed E-state index contributed by atoms with van der Waals surface area (Å²) < 4.78 is 6.70. The summed E-state index contributed by atoms with van der Waals surface area (Å²) in [6.07, 6.45) is 4.60. The lowest BCUT2D eigenvalue weighted by Crippen LogP contribution is -2.32. The molecule has 0 aliphatic carbocycles. The van der Waals surface area contributed by atoms with Crippen molar-refractivity contribution in [3.05, 3.63) is 18.6 Å². The molecule has 0 radical (unpaired) electrons. The molecule has 0 aliphatic rings. The number of fused-ring (bicyclic) bond motifs is 1. The van der Waals surface area contributed by atoms with Crippen LogP contribution in [0, 0.1) is 0 Å². The van der Waals surface area contributed by atoms with Gasteiger partial charge in [-0.2, -0.15) is 0 Å². The van der Waals surface area contributed by atoms with E-state index in [1.807, 2.05) is 11.9 Å². The maximum atomic E-state index is 9.72. The van der Waals surface area contributed by atoms with Crippen molar-refractivity contribution < 1.29 is 9.84 Å². The lowest BCUT2D eigenvalue weighted by atomic mass is 10.3. The van der Waals surface area contributed by atoms with E-state index in [-0.39, 0.29) is 6.61 Å². The first-order valence-electron chi connectivity index (χ1n) is 5.59. The average molecular weight is 251 g/mol. The minimum atomic E-state index is -0.585. The van der Waals surface area contributed by atoms with Gasteiger partial charge in [-0.3, -0.25) is 0 Å². The van der Waals surface area contributed by atoms with Gasteiger partial charge in [-0.15, -0.1) is 0 Å². The third-order valence-electron chi connectivity index (χ3n) is 2.58. The molecule has 2 heterocycles. The maximum absolute atomic E-state index is 9.72. The molecule has 0 spiro atoms. The molecule has 7 nitrogen and oxygen atoms in total. The summed E-state index contributed by atoms with van der Waals surface area (Å²) in [5.74, 6) is 1.04. The Labute approximate surface area is 105 Å². The third kappa shape index (κ3) is 2.52. The van der Waals surface area contributed by atoms with Crippen LogP contribution in [-0.2, 0) is 4.74 Å². The fraction of sp³-hybridized carbons (Fsp3) is 0.455. The number of methoxy groups -OCH3 is 1. The number of hydrogen-bond donors (Lipinski definition) is 2. The van der Waals surface area contributed by atoms with Gasteiger partial charge >= 0.3 is 0 Å². The van der Waals surface area contributed by atoms with Gasteiger partial charge in [0.05, 0.1) is 18.9 Å². The third-order valence-corrected chi connectivity index (χ3v) is 2.58. The molecule has 0 fully saturated rings. The van der Waals surface area contributed by atoms with E-state index in [1.165, 1.54) is 0 Å². The van der Waals surface area contributed by atoms with E-state index in [4.69, 9.17) is 10.5 Å². The van der Waals surface area contributed by atoms with Crippen molar-refractivity contribution in [2.75, 3.05) is 37.9 Å². The number of hydrogen-bond acceptors (Lipinski definition) is 6. The maximum Gasteiger partial charge on any atom is 0.180 e. The monoisotopic (exact) mass is 251 g/mol. The predicted molar refractivity (Wildman–Crippen MR) is 68.6 cm³/mol. The van der Waals surface area contributed by atoms with Gasteiger partial charge in [-0.1, -0.05) is 0 Å². The fourth-order valence-corrected chi connectivity index (χ4v) is 1.84. The largest absolute Gasteiger partial charge is 0.389 e. The van der Waals surface area contributed by atoms with Crippen LogP contribution in [0.4, 0.5) is 11.6 Å². The topological polar surface area (TPSA) is 88.9 Å². The Hall–Kier alpha value is -1.86. The second-order valence-electron chi connectivity index (χ2n) is 4.14. The average Bonchev–Trinajstić information content (AvgIpc) is 2.75. The molecule has 18 heavy (non-hydrogen) atoms. The number of rotatable bonds is 5. The van der Waals surface area contributed by atoms with Crippen LogP contribution in [0.5, 0.6) is 0 Å². The molecule has 0 aromatic carbocycles. The first-order valence-corrected chi connectivity index (χ1v) is 5.59. The second kappa shape index (κ2) is 5.19. The van der Waals surface area contributed by atoms with Gasteiger partial charge in [-0.25, -0.2) is 9.97 Å². The number of imidazole rings is 1. The Morgan fingerprint density at radius 3 is 3.11 bits per heavy atom. The van der Waals surface area contributed by atoms with Crippen LogP contribution in [-0.4, -0.2) is 52.9 Å². The van der Waals surface area contributed by atoms with E-state index < -0.39 is 6.10 Å². The van der Waals surface area contributed by atoms with E-state index in [0.717, 1.165) is 0 Å². The summed E-state index contributed by atoms with van der Waals surface area (Å²) in [7, 11) is 3.38. The Morgan fingerprint density at radius 1 is 1.61 bits per heavy atom. The van der Waals surface area contributed by atoms with Gasteiger partial charge in [-0.05, 0) is 0 Å². The highest BCUT2D eigenvalue weighted by Gasteiger charge is 2.14.